The lowest BCUT2D eigenvalue weighted by atomic mass is 10.2. The molecule has 0 radical (unpaired) electrons. The van der Waals surface area contributed by atoms with Crippen LogP contribution >= 0.6 is 31.9 Å². The highest BCUT2D eigenvalue weighted by molar-refractivity contribution is 9.10. The van der Waals surface area contributed by atoms with Gasteiger partial charge in [0.25, 0.3) is 0 Å². The highest BCUT2D eigenvalue weighted by Crippen LogP contribution is 2.25. The number of ether oxygens (including phenoxy) is 2. The average molecular weight is 418 g/mol. The van der Waals surface area contributed by atoms with Crippen molar-refractivity contribution in [3.05, 3.63) is 56.5 Å². The van der Waals surface area contributed by atoms with E-state index >= 15 is 0 Å². The van der Waals surface area contributed by atoms with Crippen molar-refractivity contribution in [2.24, 2.45) is 0 Å². The molecular formula is C16H18Br2O3. The van der Waals surface area contributed by atoms with E-state index in [0.29, 0.717) is 5.75 Å². The van der Waals surface area contributed by atoms with Gasteiger partial charge in [-0.3, -0.25) is 0 Å². The van der Waals surface area contributed by atoms with Crippen LogP contribution in [0.15, 0.2) is 45.3 Å². The minimum absolute atomic E-state index is 0.279. The fourth-order valence-corrected chi connectivity index (χ4v) is 2.56. The quantitative estimate of drug-likeness (QED) is 0.697. The number of rotatable bonds is 3. The zero-order valence-corrected chi connectivity index (χ0v) is 15.4. The highest BCUT2D eigenvalue weighted by atomic mass is 79.9. The second kappa shape index (κ2) is 9.07. The molecule has 0 heterocycles. The number of methoxy groups -OCH3 is 1. The summed E-state index contributed by atoms with van der Waals surface area (Å²) in [6, 6.07) is 11.3. The lowest BCUT2D eigenvalue weighted by Gasteiger charge is -2.06. The fourth-order valence-electron chi connectivity index (χ4n) is 1.46. The molecule has 0 fully saturated rings. The van der Waals surface area contributed by atoms with Gasteiger partial charge < -0.3 is 14.6 Å². The van der Waals surface area contributed by atoms with E-state index in [2.05, 4.69) is 31.9 Å². The lowest BCUT2D eigenvalue weighted by Crippen LogP contribution is -1.99. The maximum atomic E-state index is 9.00. The number of hydrogen-bond donors (Lipinski definition) is 1. The molecule has 21 heavy (non-hydrogen) atoms. The Morgan fingerprint density at radius 3 is 2.00 bits per heavy atom. The smallest absolute Gasteiger partial charge is 0.188 e. The molecule has 0 aliphatic rings. The van der Waals surface area contributed by atoms with E-state index in [1.165, 1.54) is 5.56 Å². The third-order valence-corrected chi connectivity index (χ3v) is 3.78. The number of aryl methyl sites for hydroxylation is 2. The van der Waals surface area contributed by atoms with E-state index in [-0.39, 0.29) is 6.79 Å². The largest absolute Gasteiger partial charge is 0.507 e. The summed E-state index contributed by atoms with van der Waals surface area (Å²) in [6.45, 7) is 4.29. The Labute approximate surface area is 142 Å². The first-order valence-electron chi connectivity index (χ1n) is 6.27. The van der Waals surface area contributed by atoms with Crippen LogP contribution in [0.5, 0.6) is 11.5 Å². The Hall–Kier alpha value is -1.04. The molecule has 3 nitrogen and oxygen atoms in total. The van der Waals surface area contributed by atoms with Crippen molar-refractivity contribution in [3.63, 3.8) is 0 Å². The first kappa shape index (κ1) is 18.0. The second-order valence-electron chi connectivity index (χ2n) is 4.44. The molecule has 0 bridgehead atoms. The molecule has 0 atom stereocenters. The molecule has 0 aliphatic carbocycles. The van der Waals surface area contributed by atoms with Crippen molar-refractivity contribution in [1.29, 1.82) is 0 Å². The molecule has 2 rings (SSSR count). The summed E-state index contributed by atoms with van der Waals surface area (Å²) in [5, 5.41) is 9.00. The number of phenolic OH excluding ortho intramolecular Hbond substituents is 1. The van der Waals surface area contributed by atoms with E-state index in [1.807, 2.05) is 44.2 Å². The first-order valence-corrected chi connectivity index (χ1v) is 7.85. The second-order valence-corrected chi connectivity index (χ2v) is 6.15. The molecule has 2 aromatic carbocycles. The van der Waals surface area contributed by atoms with Crippen LogP contribution in [0.3, 0.4) is 0 Å². The van der Waals surface area contributed by atoms with Gasteiger partial charge in [0.15, 0.2) is 6.79 Å². The summed E-state index contributed by atoms with van der Waals surface area (Å²) in [7, 11) is 1.60. The minimum atomic E-state index is 0.279. The lowest BCUT2D eigenvalue weighted by molar-refractivity contribution is 0.0506. The van der Waals surface area contributed by atoms with Crippen LogP contribution in [-0.4, -0.2) is 19.0 Å². The van der Waals surface area contributed by atoms with Crippen LogP contribution in [0.2, 0.25) is 0 Å². The predicted octanol–water partition coefficient (Wildman–Crippen LogP) is 5.20. The van der Waals surface area contributed by atoms with E-state index in [9.17, 15) is 0 Å². The maximum Gasteiger partial charge on any atom is 0.188 e. The van der Waals surface area contributed by atoms with Gasteiger partial charge in [0.1, 0.15) is 11.5 Å². The molecule has 0 saturated heterocycles. The topological polar surface area (TPSA) is 38.7 Å². The molecule has 2 aromatic rings. The van der Waals surface area contributed by atoms with Crippen LogP contribution in [0.25, 0.3) is 0 Å². The molecule has 0 amide bonds. The summed E-state index contributed by atoms with van der Waals surface area (Å²) in [5.74, 6) is 1.10. The summed E-state index contributed by atoms with van der Waals surface area (Å²) in [4.78, 5) is 0. The van der Waals surface area contributed by atoms with E-state index < -0.39 is 0 Å². The molecule has 5 heteroatoms. The summed E-state index contributed by atoms with van der Waals surface area (Å²) >= 11 is 6.59. The van der Waals surface area contributed by atoms with E-state index in [4.69, 9.17) is 14.6 Å². The highest BCUT2D eigenvalue weighted by Gasteiger charge is 1.99. The third kappa shape index (κ3) is 6.50. The Kier molecular flexibility index (Phi) is 7.78. The number of hydrogen-bond acceptors (Lipinski definition) is 3. The summed E-state index contributed by atoms with van der Waals surface area (Å²) < 4.78 is 11.8. The monoisotopic (exact) mass is 416 g/mol. The van der Waals surface area contributed by atoms with Crippen LogP contribution in [0.4, 0.5) is 0 Å². The zero-order chi connectivity index (χ0) is 15.8. The molecule has 0 spiro atoms. The summed E-state index contributed by atoms with van der Waals surface area (Å²) in [5.41, 5.74) is 2.34. The Morgan fingerprint density at radius 1 is 0.952 bits per heavy atom. The molecule has 0 unspecified atom stereocenters. The summed E-state index contributed by atoms with van der Waals surface area (Å²) in [6.07, 6.45) is 0. The Balaban J connectivity index is 0.000000219. The molecule has 114 valence electrons. The number of benzene rings is 2. The average Bonchev–Trinajstić information content (AvgIpc) is 2.43. The minimum Gasteiger partial charge on any atom is -0.507 e. The van der Waals surface area contributed by atoms with Crippen molar-refractivity contribution >= 4 is 31.9 Å². The van der Waals surface area contributed by atoms with Gasteiger partial charge in [-0.2, -0.15) is 0 Å². The van der Waals surface area contributed by atoms with Crippen LogP contribution in [0, 0.1) is 13.8 Å². The van der Waals surface area contributed by atoms with E-state index in [0.717, 1.165) is 20.3 Å². The number of aromatic hydroxyl groups is 1. The van der Waals surface area contributed by atoms with Gasteiger partial charge >= 0.3 is 0 Å². The standard InChI is InChI=1S/C9H11BrO2.C7H7BrO/c1-7-3-4-9(8(10)5-7)12-6-11-2;1-5-2-3-7(9)6(8)4-5/h3-5H,6H2,1-2H3;2-4,9H,1H3. The number of halogens is 2. The zero-order valence-electron chi connectivity index (χ0n) is 12.2. The van der Waals surface area contributed by atoms with Crippen molar-refractivity contribution in [1.82, 2.24) is 0 Å². The van der Waals surface area contributed by atoms with Gasteiger partial charge in [0, 0.05) is 7.11 Å². The third-order valence-electron chi connectivity index (χ3n) is 2.52. The van der Waals surface area contributed by atoms with Gasteiger partial charge in [-0.15, -0.1) is 0 Å². The van der Waals surface area contributed by atoms with Crippen LogP contribution < -0.4 is 4.74 Å². The van der Waals surface area contributed by atoms with Gasteiger partial charge in [0.2, 0.25) is 0 Å². The molecule has 0 saturated carbocycles. The van der Waals surface area contributed by atoms with Gasteiger partial charge in [-0.05, 0) is 81.1 Å². The van der Waals surface area contributed by atoms with Crippen LogP contribution in [0.1, 0.15) is 11.1 Å². The first-order chi connectivity index (χ1) is 9.93. The molecule has 0 aromatic heterocycles. The SMILES string of the molecule is COCOc1ccc(C)cc1Br.Cc1ccc(O)c(Br)c1. The van der Waals surface area contributed by atoms with Crippen molar-refractivity contribution in [3.8, 4) is 11.5 Å². The molecule has 0 aliphatic heterocycles. The van der Waals surface area contributed by atoms with Crippen molar-refractivity contribution in [2.75, 3.05) is 13.9 Å². The van der Waals surface area contributed by atoms with E-state index in [1.54, 1.807) is 13.2 Å². The Morgan fingerprint density at radius 2 is 1.52 bits per heavy atom. The fraction of sp³-hybridized carbons (Fsp3) is 0.250. The van der Waals surface area contributed by atoms with Gasteiger partial charge in [-0.25, -0.2) is 0 Å². The van der Waals surface area contributed by atoms with Gasteiger partial charge in [-0.1, -0.05) is 12.1 Å². The predicted molar refractivity (Wildman–Crippen MR) is 91.9 cm³/mol. The van der Waals surface area contributed by atoms with Gasteiger partial charge in [0.05, 0.1) is 8.95 Å². The Bertz CT molecular complexity index is 586. The molecule has 1 N–H and O–H groups in total. The molecular weight excluding hydrogens is 400 g/mol. The normalized spacial score (nSPS) is 9.76. The van der Waals surface area contributed by atoms with Crippen molar-refractivity contribution < 1.29 is 14.6 Å². The number of phenols is 1. The van der Waals surface area contributed by atoms with Crippen molar-refractivity contribution in [2.45, 2.75) is 13.8 Å². The van der Waals surface area contributed by atoms with Crippen LogP contribution in [-0.2, 0) is 4.74 Å². The maximum absolute atomic E-state index is 9.00.